The van der Waals surface area contributed by atoms with Gasteiger partial charge in [-0.25, -0.2) is 4.98 Å². The number of carbonyl (C=O) groups is 1. The first-order valence-electron chi connectivity index (χ1n) is 5.52. The summed E-state index contributed by atoms with van der Waals surface area (Å²) in [6.45, 7) is 1.93. The van der Waals surface area contributed by atoms with E-state index in [2.05, 4.69) is 11.1 Å². The minimum Gasteiger partial charge on any atom is -0.298 e. The van der Waals surface area contributed by atoms with Crippen LogP contribution in [0.2, 0.25) is 0 Å². The molecule has 1 atom stereocenters. The van der Waals surface area contributed by atoms with E-state index >= 15 is 0 Å². The van der Waals surface area contributed by atoms with Crippen LogP contribution < -0.4 is 0 Å². The SMILES string of the molecule is Cc1csc(CC2(C#N)CCCCC2=O)n1. The van der Waals surface area contributed by atoms with Crippen LogP contribution in [0.15, 0.2) is 5.38 Å². The largest absolute Gasteiger partial charge is 0.298 e. The molecule has 0 aliphatic heterocycles. The van der Waals surface area contributed by atoms with Crippen LogP contribution in [0.3, 0.4) is 0 Å². The van der Waals surface area contributed by atoms with E-state index in [1.807, 2.05) is 12.3 Å². The second-order valence-corrected chi connectivity index (χ2v) is 5.33. The molecule has 84 valence electrons. The number of hydrogen-bond donors (Lipinski definition) is 0. The molecule has 0 bridgehead atoms. The van der Waals surface area contributed by atoms with Crippen LogP contribution in [-0.4, -0.2) is 10.8 Å². The Morgan fingerprint density at radius 1 is 1.62 bits per heavy atom. The van der Waals surface area contributed by atoms with Gasteiger partial charge < -0.3 is 0 Å². The van der Waals surface area contributed by atoms with Crippen LogP contribution in [0.25, 0.3) is 0 Å². The number of carbonyl (C=O) groups excluding carboxylic acids is 1. The topological polar surface area (TPSA) is 53.8 Å². The first-order chi connectivity index (χ1) is 7.66. The van der Waals surface area contributed by atoms with Crippen molar-refractivity contribution in [3.8, 4) is 6.07 Å². The van der Waals surface area contributed by atoms with Gasteiger partial charge in [-0.1, -0.05) is 6.42 Å². The van der Waals surface area contributed by atoms with E-state index in [1.165, 1.54) is 0 Å². The highest BCUT2D eigenvalue weighted by molar-refractivity contribution is 7.09. The summed E-state index contributed by atoms with van der Waals surface area (Å²) in [6.07, 6.45) is 3.66. The van der Waals surface area contributed by atoms with Crippen molar-refractivity contribution in [2.45, 2.75) is 39.0 Å². The summed E-state index contributed by atoms with van der Waals surface area (Å²) in [6, 6.07) is 2.24. The fourth-order valence-corrected chi connectivity index (χ4v) is 3.06. The molecular weight excluding hydrogens is 220 g/mol. The predicted molar refractivity (Wildman–Crippen MR) is 62.1 cm³/mol. The average molecular weight is 234 g/mol. The van der Waals surface area contributed by atoms with Crippen molar-refractivity contribution in [3.05, 3.63) is 16.1 Å². The number of ketones is 1. The van der Waals surface area contributed by atoms with Crippen molar-refractivity contribution < 1.29 is 4.79 Å². The van der Waals surface area contributed by atoms with E-state index in [1.54, 1.807) is 11.3 Å². The monoisotopic (exact) mass is 234 g/mol. The summed E-state index contributed by atoms with van der Waals surface area (Å²) in [5.74, 6) is 0.106. The van der Waals surface area contributed by atoms with E-state index in [9.17, 15) is 10.1 Å². The molecule has 1 aromatic rings. The van der Waals surface area contributed by atoms with Gasteiger partial charge in [0.05, 0.1) is 11.1 Å². The minimum atomic E-state index is -0.789. The number of rotatable bonds is 2. The Balaban J connectivity index is 2.22. The fourth-order valence-electron chi connectivity index (χ4n) is 2.18. The lowest BCUT2D eigenvalue weighted by atomic mass is 9.72. The highest BCUT2D eigenvalue weighted by Gasteiger charge is 2.40. The maximum absolute atomic E-state index is 11.9. The molecule has 1 fully saturated rings. The van der Waals surface area contributed by atoms with E-state index in [4.69, 9.17) is 0 Å². The molecule has 1 unspecified atom stereocenters. The van der Waals surface area contributed by atoms with Gasteiger partial charge in [-0.3, -0.25) is 4.79 Å². The third kappa shape index (κ3) is 2.00. The second-order valence-electron chi connectivity index (χ2n) is 4.38. The highest BCUT2D eigenvalue weighted by atomic mass is 32.1. The van der Waals surface area contributed by atoms with Gasteiger partial charge >= 0.3 is 0 Å². The van der Waals surface area contributed by atoms with Crippen molar-refractivity contribution in [2.75, 3.05) is 0 Å². The Hall–Kier alpha value is -1.21. The number of aryl methyl sites for hydroxylation is 1. The van der Waals surface area contributed by atoms with Crippen LogP contribution in [-0.2, 0) is 11.2 Å². The Bertz CT molecular complexity index is 446. The van der Waals surface area contributed by atoms with Crippen LogP contribution >= 0.6 is 11.3 Å². The maximum Gasteiger partial charge on any atom is 0.153 e. The van der Waals surface area contributed by atoms with Crippen molar-refractivity contribution in [1.82, 2.24) is 4.98 Å². The van der Waals surface area contributed by atoms with Gasteiger partial charge in [0, 0.05) is 23.9 Å². The zero-order valence-electron chi connectivity index (χ0n) is 9.32. The van der Waals surface area contributed by atoms with Crippen molar-refractivity contribution in [2.24, 2.45) is 5.41 Å². The Morgan fingerprint density at radius 3 is 3.00 bits per heavy atom. The molecule has 0 spiro atoms. The number of hydrogen-bond acceptors (Lipinski definition) is 4. The molecule has 2 rings (SSSR count). The molecule has 1 aromatic heterocycles. The van der Waals surface area contributed by atoms with Gasteiger partial charge in [0.2, 0.25) is 0 Å². The summed E-state index contributed by atoms with van der Waals surface area (Å²) in [7, 11) is 0. The third-order valence-corrected chi connectivity index (χ3v) is 4.09. The quantitative estimate of drug-likeness (QED) is 0.790. The zero-order valence-corrected chi connectivity index (χ0v) is 10.1. The summed E-state index contributed by atoms with van der Waals surface area (Å²) >= 11 is 1.54. The molecule has 1 aliphatic rings. The van der Waals surface area contributed by atoms with Crippen LogP contribution in [0.4, 0.5) is 0 Å². The summed E-state index contributed by atoms with van der Waals surface area (Å²) in [5.41, 5.74) is 0.180. The van der Waals surface area contributed by atoms with Gasteiger partial charge in [-0.05, 0) is 19.8 Å². The third-order valence-electron chi connectivity index (χ3n) is 3.12. The first kappa shape index (κ1) is 11.3. The standard InChI is InChI=1S/C12H14N2OS/c1-9-7-16-11(14-9)6-12(8-13)5-3-2-4-10(12)15/h7H,2-6H2,1H3. The smallest absolute Gasteiger partial charge is 0.153 e. The van der Waals surface area contributed by atoms with Crippen LogP contribution in [0.1, 0.15) is 36.4 Å². The lowest BCUT2D eigenvalue weighted by Crippen LogP contribution is -2.34. The molecule has 0 N–H and O–H groups in total. The van der Waals surface area contributed by atoms with Crippen molar-refractivity contribution in [3.63, 3.8) is 0 Å². The van der Waals surface area contributed by atoms with Gasteiger partial charge in [0.15, 0.2) is 5.78 Å². The summed E-state index contributed by atoms with van der Waals surface area (Å²) in [4.78, 5) is 16.3. The number of nitriles is 1. The Labute approximate surface area is 99.1 Å². The first-order valence-corrected chi connectivity index (χ1v) is 6.40. The molecule has 0 amide bonds. The van der Waals surface area contributed by atoms with E-state index in [0.717, 1.165) is 23.5 Å². The Kier molecular flexibility index (Phi) is 3.06. The zero-order chi connectivity index (χ0) is 11.6. The normalized spacial score (nSPS) is 25.4. The predicted octanol–water partition coefficient (Wildman–Crippen LogP) is 2.65. The Morgan fingerprint density at radius 2 is 2.44 bits per heavy atom. The molecule has 16 heavy (non-hydrogen) atoms. The van der Waals surface area contributed by atoms with Crippen LogP contribution in [0, 0.1) is 23.7 Å². The van der Waals surface area contributed by atoms with Gasteiger partial charge in [0.1, 0.15) is 5.41 Å². The number of Topliss-reactive ketones (excluding diaryl/α,β-unsaturated/α-hetero) is 1. The van der Waals surface area contributed by atoms with E-state index < -0.39 is 5.41 Å². The maximum atomic E-state index is 11.9. The van der Waals surface area contributed by atoms with E-state index in [-0.39, 0.29) is 5.78 Å². The molecule has 4 heteroatoms. The summed E-state index contributed by atoms with van der Waals surface area (Å²) < 4.78 is 0. The lowest BCUT2D eigenvalue weighted by molar-refractivity contribution is -0.128. The van der Waals surface area contributed by atoms with Gasteiger partial charge in [-0.2, -0.15) is 5.26 Å². The molecule has 0 aromatic carbocycles. The molecule has 0 saturated heterocycles. The molecule has 0 radical (unpaired) electrons. The van der Waals surface area contributed by atoms with Gasteiger partial charge in [-0.15, -0.1) is 11.3 Å². The number of thiazole rings is 1. The molecule has 1 aliphatic carbocycles. The molecule has 3 nitrogen and oxygen atoms in total. The fraction of sp³-hybridized carbons (Fsp3) is 0.583. The van der Waals surface area contributed by atoms with Gasteiger partial charge in [0.25, 0.3) is 0 Å². The highest BCUT2D eigenvalue weighted by Crippen LogP contribution is 2.36. The van der Waals surface area contributed by atoms with Crippen molar-refractivity contribution >= 4 is 17.1 Å². The molecule has 1 saturated carbocycles. The second kappa shape index (κ2) is 4.34. The summed E-state index contributed by atoms with van der Waals surface area (Å²) in [5, 5.41) is 12.2. The molecule has 1 heterocycles. The lowest BCUT2D eigenvalue weighted by Gasteiger charge is -2.28. The van der Waals surface area contributed by atoms with Crippen molar-refractivity contribution in [1.29, 1.82) is 5.26 Å². The number of nitrogens with zero attached hydrogens (tertiary/aromatic N) is 2. The van der Waals surface area contributed by atoms with Crippen LogP contribution in [0.5, 0.6) is 0 Å². The average Bonchev–Trinajstić information content (AvgIpc) is 2.67. The minimum absolute atomic E-state index is 0.106. The molecular formula is C12H14N2OS. The van der Waals surface area contributed by atoms with E-state index in [0.29, 0.717) is 19.3 Å². The number of aromatic nitrogens is 1.